The second-order valence-electron chi connectivity index (χ2n) is 5.95. The molecule has 0 radical (unpaired) electrons. The van der Waals surface area contributed by atoms with Crippen LogP contribution >= 0.6 is 0 Å². The second kappa shape index (κ2) is 7.17. The first kappa shape index (κ1) is 16.1. The van der Waals surface area contributed by atoms with E-state index >= 15 is 0 Å². The van der Waals surface area contributed by atoms with Crippen molar-refractivity contribution in [3.8, 4) is 0 Å². The minimum absolute atomic E-state index is 0.0782. The van der Waals surface area contributed by atoms with Crippen molar-refractivity contribution in [2.24, 2.45) is 0 Å². The molecule has 0 aromatic heterocycles. The van der Waals surface area contributed by atoms with Crippen molar-refractivity contribution in [3.63, 3.8) is 0 Å². The lowest BCUT2D eigenvalue weighted by Crippen LogP contribution is -2.39. The molecule has 2 N–H and O–H groups in total. The summed E-state index contributed by atoms with van der Waals surface area (Å²) in [5.74, 6) is -0.0374. The van der Waals surface area contributed by atoms with Gasteiger partial charge in [-0.25, -0.2) is 0 Å². The van der Waals surface area contributed by atoms with E-state index in [-0.39, 0.29) is 18.4 Å². The Morgan fingerprint density at radius 2 is 1.79 bits per heavy atom. The highest BCUT2D eigenvalue weighted by Crippen LogP contribution is 2.19. The van der Waals surface area contributed by atoms with Crippen LogP contribution in [0.1, 0.15) is 18.1 Å². The Morgan fingerprint density at radius 1 is 1.04 bits per heavy atom. The third-order valence-corrected chi connectivity index (χ3v) is 4.11. The smallest absolute Gasteiger partial charge is 0.242 e. The van der Waals surface area contributed by atoms with Gasteiger partial charge in [-0.2, -0.15) is 0 Å². The normalized spacial score (nSPS) is 13.1. The van der Waals surface area contributed by atoms with Crippen LogP contribution < -0.4 is 10.6 Å². The Hall–Kier alpha value is -2.82. The zero-order chi connectivity index (χ0) is 16.9. The monoisotopic (exact) mass is 323 g/mol. The average molecular weight is 323 g/mol. The lowest BCUT2D eigenvalue weighted by molar-refractivity contribution is -0.130. The summed E-state index contributed by atoms with van der Waals surface area (Å²) in [6.45, 7) is 3.13. The Labute approximate surface area is 141 Å². The van der Waals surface area contributed by atoms with Gasteiger partial charge in [-0.3, -0.25) is 9.59 Å². The fraction of sp³-hybridized carbons (Fsp3) is 0.263. The number of carbonyl (C=O) groups is 2. The van der Waals surface area contributed by atoms with Crippen molar-refractivity contribution in [2.75, 3.05) is 23.7 Å². The number of rotatable bonds is 4. The largest absolute Gasteiger partial charge is 0.376 e. The molecule has 0 unspecified atom stereocenters. The Morgan fingerprint density at radius 3 is 2.58 bits per heavy atom. The Kier molecular flexibility index (Phi) is 4.79. The molecule has 1 heterocycles. The molecule has 0 atom stereocenters. The first-order chi connectivity index (χ1) is 11.6. The second-order valence-corrected chi connectivity index (χ2v) is 5.95. The van der Waals surface area contributed by atoms with E-state index in [1.807, 2.05) is 41.3 Å². The fourth-order valence-electron chi connectivity index (χ4n) is 2.91. The minimum Gasteiger partial charge on any atom is -0.376 e. The van der Waals surface area contributed by atoms with Gasteiger partial charge in [-0.05, 0) is 35.7 Å². The maximum atomic E-state index is 12.4. The first-order valence-electron chi connectivity index (χ1n) is 8.08. The average Bonchev–Trinajstić information content (AvgIpc) is 2.59. The number of nitrogens with zero attached hydrogens (tertiary/aromatic N) is 1. The molecular formula is C19H21N3O2. The highest BCUT2D eigenvalue weighted by atomic mass is 16.2. The van der Waals surface area contributed by atoms with E-state index in [1.165, 1.54) is 18.1 Å². The van der Waals surface area contributed by atoms with Gasteiger partial charge in [-0.15, -0.1) is 0 Å². The van der Waals surface area contributed by atoms with Gasteiger partial charge >= 0.3 is 0 Å². The van der Waals surface area contributed by atoms with Gasteiger partial charge in [0.05, 0.1) is 6.54 Å². The van der Waals surface area contributed by atoms with Gasteiger partial charge in [0.2, 0.25) is 11.8 Å². The first-order valence-corrected chi connectivity index (χ1v) is 8.08. The lowest BCUT2D eigenvalue weighted by atomic mass is 10.00. The third kappa shape index (κ3) is 3.93. The summed E-state index contributed by atoms with van der Waals surface area (Å²) in [6.07, 6.45) is 0.903. The highest BCUT2D eigenvalue weighted by Gasteiger charge is 2.19. The quantitative estimate of drug-likeness (QED) is 0.909. The molecule has 1 aliphatic rings. The zero-order valence-electron chi connectivity index (χ0n) is 13.7. The molecule has 0 fully saturated rings. The summed E-state index contributed by atoms with van der Waals surface area (Å²) < 4.78 is 0. The summed E-state index contributed by atoms with van der Waals surface area (Å²) in [7, 11) is 0. The van der Waals surface area contributed by atoms with Gasteiger partial charge in [0.1, 0.15) is 0 Å². The van der Waals surface area contributed by atoms with Crippen LogP contribution in [0.25, 0.3) is 0 Å². The van der Waals surface area contributed by atoms with Crippen LogP contribution in [0.2, 0.25) is 0 Å². The number of fused-ring (bicyclic) bond motifs is 1. The summed E-state index contributed by atoms with van der Waals surface area (Å²) in [6, 6.07) is 15.6. The SMILES string of the molecule is CC(=O)Nc1cccc(NCC(=O)N2CCc3ccccc3C2)c1. The number of nitrogens with one attached hydrogen (secondary N) is 2. The molecular weight excluding hydrogens is 302 g/mol. The topological polar surface area (TPSA) is 61.4 Å². The van der Waals surface area contributed by atoms with Crippen LogP contribution in [0, 0.1) is 0 Å². The van der Waals surface area contributed by atoms with Crippen molar-refractivity contribution in [2.45, 2.75) is 19.9 Å². The molecule has 0 saturated carbocycles. The van der Waals surface area contributed by atoms with Crippen molar-refractivity contribution >= 4 is 23.2 Å². The van der Waals surface area contributed by atoms with Crippen molar-refractivity contribution < 1.29 is 9.59 Å². The maximum absolute atomic E-state index is 12.4. The van der Waals surface area contributed by atoms with Gasteiger partial charge in [0.25, 0.3) is 0 Å². The predicted octanol–water partition coefficient (Wildman–Crippen LogP) is 2.64. The summed E-state index contributed by atoms with van der Waals surface area (Å²) in [5.41, 5.74) is 4.08. The number of benzene rings is 2. The summed E-state index contributed by atoms with van der Waals surface area (Å²) in [5, 5.41) is 5.87. The molecule has 0 aliphatic carbocycles. The number of carbonyl (C=O) groups excluding carboxylic acids is 2. The molecule has 5 heteroatoms. The Balaban J connectivity index is 1.57. The molecule has 5 nitrogen and oxygen atoms in total. The van der Waals surface area contributed by atoms with Crippen LogP contribution in [0.4, 0.5) is 11.4 Å². The molecule has 24 heavy (non-hydrogen) atoms. The lowest BCUT2D eigenvalue weighted by Gasteiger charge is -2.29. The number of amides is 2. The fourth-order valence-corrected chi connectivity index (χ4v) is 2.91. The van der Waals surface area contributed by atoms with Crippen molar-refractivity contribution in [1.82, 2.24) is 4.90 Å². The van der Waals surface area contributed by atoms with Crippen molar-refractivity contribution in [1.29, 1.82) is 0 Å². The van der Waals surface area contributed by atoms with Crippen LogP contribution in [0.15, 0.2) is 48.5 Å². The van der Waals surface area contributed by atoms with E-state index in [4.69, 9.17) is 0 Å². The minimum atomic E-state index is -0.116. The number of hydrogen-bond acceptors (Lipinski definition) is 3. The molecule has 1 aliphatic heterocycles. The Bertz CT molecular complexity index is 758. The van der Waals surface area contributed by atoms with E-state index in [0.29, 0.717) is 12.2 Å². The standard InChI is InChI=1S/C19H21N3O2/c1-14(23)21-18-8-4-7-17(11-18)20-12-19(24)22-10-9-15-5-2-3-6-16(15)13-22/h2-8,11,20H,9-10,12-13H2,1H3,(H,21,23). The van der Waals surface area contributed by atoms with E-state index < -0.39 is 0 Å². The van der Waals surface area contributed by atoms with Crippen molar-refractivity contribution in [3.05, 3.63) is 59.7 Å². The summed E-state index contributed by atoms with van der Waals surface area (Å²) >= 11 is 0. The molecule has 2 aromatic rings. The molecule has 3 rings (SSSR count). The molecule has 0 saturated heterocycles. The zero-order valence-corrected chi connectivity index (χ0v) is 13.7. The van der Waals surface area contributed by atoms with Crippen LogP contribution in [0.5, 0.6) is 0 Å². The number of anilines is 2. The van der Waals surface area contributed by atoms with E-state index in [9.17, 15) is 9.59 Å². The predicted molar refractivity (Wildman–Crippen MR) is 94.8 cm³/mol. The summed E-state index contributed by atoms with van der Waals surface area (Å²) in [4.78, 5) is 25.4. The highest BCUT2D eigenvalue weighted by molar-refractivity contribution is 5.89. The van der Waals surface area contributed by atoms with Gasteiger partial charge < -0.3 is 15.5 Å². The molecule has 2 aromatic carbocycles. The van der Waals surface area contributed by atoms with Crippen LogP contribution in [-0.2, 0) is 22.6 Å². The maximum Gasteiger partial charge on any atom is 0.242 e. The van der Waals surface area contributed by atoms with Crippen LogP contribution in [-0.4, -0.2) is 29.8 Å². The van der Waals surface area contributed by atoms with Crippen LogP contribution in [0.3, 0.4) is 0 Å². The molecule has 0 spiro atoms. The van der Waals surface area contributed by atoms with Gasteiger partial charge in [0.15, 0.2) is 0 Å². The van der Waals surface area contributed by atoms with E-state index in [2.05, 4.69) is 22.8 Å². The molecule has 2 amide bonds. The molecule has 0 bridgehead atoms. The van der Waals surface area contributed by atoms with Gasteiger partial charge in [-0.1, -0.05) is 30.3 Å². The van der Waals surface area contributed by atoms with E-state index in [0.717, 1.165) is 18.7 Å². The van der Waals surface area contributed by atoms with Gasteiger partial charge in [0, 0.05) is 31.4 Å². The third-order valence-electron chi connectivity index (χ3n) is 4.11. The van der Waals surface area contributed by atoms with E-state index in [1.54, 1.807) is 0 Å². The number of hydrogen-bond donors (Lipinski definition) is 2. The molecule has 124 valence electrons.